The average Bonchev–Trinajstić information content (AvgIpc) is 3.37. The Balaban J connectivity index is 1.92. The monoisotopic (exact) mass is 344 g/mol. The second kappa shape index (κ2) is 7.02. The fourth-order valence-corrected chi connectivity index (χ4v) is 3.53. The zero-order chi connectivity index (χ0) is 18.1. The molecule has 2 heterocycles. The van der Waals surface area contributed by atoms with Crippen molar-refractivity contribution in [1.29, 1.82) is 0 Å². The number of nitrogens with two attached hydrogens (primary N) is 1. The molecule has 1 saturated heterocycles. The fraction of sp³-hybridized carbons (Fsp3) is 0.632. The maximum atomic E-state index is 12.7. The van der Waals surface area contributed by atoms with Crippen molar-refractivity contribution in [1.82, 2.24) is 9.88 Å². The molecule has 25 heavy (non-hydrogen) atoms. The Kier molecular flexibility index (Phi) is 4.97. The van der Waals surface area contributed by atoms with Crippen LogP contribution in [0.4, 0.5) is 5.82 Å². The summed E-state index contributed by atoms with van der Waals surface area (Å²) in [7, 11) is 0. The van der Waals surface area contributed by atoms with Gasteiger partial charge in [0.25, 0.3) is 5.91 Å². The van der Waals surface area contributed by atoms with Crippen molar-refractivity contribution >= 4 is 17.6 Å². The number of pyridine rings is 1. The fourth-order valence-electron chi connectivity index (χ4n) is 3.53. The highest BCUT2D eigenvalue weighted by molar-refractivity contribution is 5.97. The number of aryl methyl sites for hydroxylation is 1. The van der Waals surface area contributed by atoms with Crippen LogP contribution in [0.25, 0.3) is 0 Å². The Morgan fingerprint density at radius 2 is 2.08 bits per heavy atom. The number of carbonyl (C=O) groups excluding carboxylic acids is 2. The molecule has 2 fully saturated rings. The smallest absolute Gasteiger partial charge is 0.252 e. The molecule has 6 heteroatoms. The molecule has 0 spiro atoms. The van der Waals surface area contributed by atoms with Gasteiger partial charge in [0, 0.05) is 31.7 Å². The molecular formula is C19H28N4O2. The zero-order valence-electron chi connectivity index (χ0n) is 15.4. The van der Waals surface area contributed by atoms with Crippen LogP contribution in [0.2, 0.25) is 0 Å². The van der Waals surface area contributed by atoms with Gasteiger partial charge in [-0.05, 0) is 43.7 Å². The third kappa shape index (κ3) is 3.94. The topological polar surface area (TPSA) is 79.5 Å². The van der Waals surface area contributed by atoms with Crippen LogP contribution in [0.15, 0.2) is 12.1 Å². The first-order valence-corrected chi connectivity index (χ1v) is 9.18. The maximum Gasteiger partial charge on any atom is 0.252 e. The van der Waals surface area contributed by atoms with Gasteiger partial charge < -0.3 is 15.5 Å². The van der Waals surface area contributed by atoms with E-state index in [2.05, 4.69) is 28.6 Å². The highest BCUT2D eigenvalue weighted by Crippen LogP contribution is 2.33. The third-order valence-corrected chi connectivity index (χ3v) is 5.22. The van der Waals surface area contributed by atoms with Crippen LogP contribution in [0.1, 0.15) is 49.2 Å². The van der Waals surface area contributed by atoms with E-state index >= 15 is 0 Å². The van der Waals surface area contributed by atoms with E-state index in [0.717, 1.165) is 12.2 Å². The largest absolute Gasteiger partial charge is 0.365 e. The predicted octanol–water partition coefficient (Wildman–Crippen LogP) is 1.96. The molecule has 3 rings (SSSR count). The second-order valence-corrected chi connectivity index (χ2v) is 7.68. The number of carbonyl (C=O) groups is 2. The lowest BCUT2D eigenvalue weighted by Gasteiger charge is -2.35. The summed E-state index contributed by atoms with van der Waals surface area (Å²) in [4.78, 5) is 33.3. The minimum Gasteiger partial charge on any atom is -0.365 e. The van der Waals surface area contributed by atoms with Crippen molar-refractivity contribution in [3.8, 4) is 0 Å². The summed E-state index contributed by atoms with van der Waals surface area (Å²) in [6, 6.07) is 3.66. The molecular weight excluding hydrogens is 316 g/mol. The number of primary amides is 1. The number of rotatable bonds is 5. The summed E-state index contributed by atoms with van der Waals surface area (Å²) >= 11 is 0. The van der Waals surface area contributed by atoms with Crippen molar-refractivity contribution in [2.24, 2.45) is 17.6 Å². The predicted molar refractivity (Wildman–Crippen MR) is 97.4 cm³/mol. The minimum atomic E-state index is -0.478. The first kappa shape index (κ1) is 17.7. The van der Waals surface area contributed by atoms with E-state index in [9.17, 15) is 9.59 Å². The van der Waals surface area contributed by atoms with Crippen LogP contribution in [-0.4, -0.2) is 47.4 Å². The summed E-state index contributed by atoms with van der Waals surface area (Å²) in [6.45, 7) is 8.32. The van der Waals surface area contributed by atoms with E-state index in [0.29, 0.717) is 42.7 Å². The molecule has 2 amide bonds. The molecule has 2 aliphatic rings. The number of hydrogen-bond acceptors (Lipinski definition) is 4. The van der Waals surface area contributed by atoms with Gasteiger partial charge >= 0.3 is 0 Å². The van der Waals surface area contributed by atoms with Gasteiger partial charge in [0.2, 0.25) is 5.91 Å². The third-order valence-electron chi connectivity index (χ3n) is 5.22. The molecule has 1 aliphatic carbocycles. The molecule has 1 unspecified atom stereocenters. The minimum absolute atomic E-state index is 0.124. The van der Waals surface area contributed by atoms with Crippen LogP contribution in [0.5, 0.6) is 0 Å². The van der Waals surface area contributed by atoms with Gasteiger partial charge in [0.05, 0.1) is 11.6 Å². The highest BCUT2D eigenvalue weighted by Gasteiger charge is 2.36. The number of hydrogen-bond donors (Lipinski definition) is 1. The van der Waals surface area contributed by atoms with E-state index in [1.165, 1.54) is 12.8 Å². The molecule has 1 atom stereocenters. The lowest BCUT2D eigenvalue weighted by Crippen LogP contribution is -2.47. The lowest BCUT2D eigenvalue weighted by molar-refractivity contribution is -0.133. The van der Waals surface area contributed by atoms with Crippen LogP contribution < -0.4 is 10.6 Å². The van der Waals surface area contributed by atoms with Crippen LogP contribution in [0, 0.1) is 18.8 Å². The number of anilines is 1. The highest BCUT2D eigenvalue weighted by atomic mass is 16.2. The average molecular weight is 344 g/mol. The molecule has 1 saturated carbocycles. The van der Waals surface area contributed by atoms with E-state index in [1.54, 1.807) is 12.1 Å². The van der Waals surface area contributed by atoms with Gasteiger partial charge in [-0.1, -0.05) is 13.8 Å². The van der Waals surface area contributed by atoms with Gasteiger partial charge in [0.15, 0.2) is 0 Å². The second-order valence-electron chi connectivity index (χ2n) is 7.68. The van der Waals surface area contributed by atoms with Gasteiger partial charge in [0.1, 0.15) is 5.82 Å². The first-order valence-electron chi connectivity index (χ1n) is 9.18. The summed E-state index contributed by atoms with van der Waals surface area (Å²) in [5.74, 6) is 1.34. The lowest BCUT2D eigenvalue weighted by atomic mass is 10.0. The normalized spacial score (nSPS) is 21.6. The summed E-state index contributed by atoms with van der Waals surface area (Å²) in [5, 5.41) is 0. The van der Waals surface area contributed by atoms with E-state index in [-0.39, 0.29) is 11.9 Å². The van der Waals surface area contributed by atoms with Gasteiger partial charge in [-0.15, -0.1) is 0 Å². The van der Waals surface area contributed by atoms with E-state index < -0.39 is 5.91 Å². The first-order chi connectivity index (χ1) is 11.9. The molecule has 1 aromatic heterocycles. The van der Waals surface area contributed by atoms with Crippen molar-refractivity contribution in [2.45, 2.75) is 46.1 Å². The van der Waals surface area contributed by atoms with Crippen molar-refractivity contribution in [3.05, 3.63) is 23.4 Å². The van der Waals surface area contributed by atoms with Crippen LogP contribution in [0.3, 0.4) is 0 Å². The van der Waals surface area contributed by atoms with E-state index in [4.69, 9.17) is 5.73 Å². The number of amides is 2. The van der Waals surface area contributed by atoms with Crippen molar-refractivity contribution in [3.63, 3.8) is 0 Å². The molecule has 0 radical (unpaired) electrons. The molecule has 2 N–H and O–H groups in total. The van der Waals surface area contributed by atoms with E-state index in [1.807, 2.05) is 6.92 Å². The Hall–Kier alpha value is -2.11. The Morgan fingerprint density at radius 1 is 1.36 bits per heavy atom. The molecule has 0 bridgehead atoms. The Morgan fingerprint density at radius 3 is 2.68 bits per heavy atom. The summed E-state index contributed by atoms with van der Waals surface area (Å²) in [6.07, 6.45) is 2.90. The molecule has 1 aliphatic heterocycles. The summed E-state index contributed by atoms with van der Waals surface area (Å²) < 4.78 is 0. The van der Waals surface area contributed by atoms with Gasteiger partial charge in [-0.3, -0.25) is 9.59 Å². The standard InChI is InChI=1S/C19H28N4O2/c1-12(2)16-11-22(9-8-17(24)23(16)10-14-5-6-14)19-15(18(20)25)7-4-13(3)21-19/h4,7,12,14,16H,5-6,8-11H2,1-3H3,(H2,20,25). The number of aromatic nitrogens is 1. The molecule has 136 valence electrons. The van der Waals surface area contributed by atoms with Crippen molar-refractivity contribution in [2.75, 3.05) is 24.5 Å². The molecule has 6 nitrogen and oxygen atoms in total. The van der Waals surface area contributed by atoms with Gasteiger partial charge in [-0.2, -0.15) is 0 Å². The van der Waals surface area contributed by atoms with Crippen LogP contribution >= 0.6 is 0 Å². The van der Waals surface area contributed by atoms with Crippen molar-refractivity contribution < 1.29 is 9.59 Å². The van der Waals surface area contributed by atoms with Crippen LogP contribution in [-0.2, 0) is 4.79 Å². The maximum absolute atomic E-state index is 12.7. The quantitative estimate of drug-likeness (QED) is 0.885. The Labute approximate surface area is 149 Å². The summed E-state index contributed by atoms with van der Waals surface area (Å²) in [5.41, 5.74) is 6.82. The van der Waals surface area contributed by atoms with Gasteiger partial charge in [-0.25, -0.2) is 4.98 Å². The zero-order valence-corrected chi connectivity index (χ0v) is 15.4. The SMILES string of the molecule is Cc1ccc(C(N)=O)c(N2CCC(=O)N(CC3CC3)C(C(C)C)C2)n1. The number of nitrogens with zero attached hydrogens (tertiary/aromatic N) is 3. The Bertz CT molecular complexity index is 669. The molecule has 1 aromatic rings. The molecule has 0 aromatic carbocycles.